The lowest BCUT2D eigenvalue weighted by atomic mass is 10.1. The number of carbonyl (C=O) groups is 3. The highest BCUT2D eigenvalue weighted by Gasteiger charge is 2.35. The van der Waals surface area contributed by atoms with Gasteiger partial charge in [-0.1, -0.05) is 57.2 Å². The number of halogens is 2. The average Bonchev–Trinajstić information content (AvgIpc) is 3.47. The smallest absolute Gasteiger partial charge is 0.407 e. The number of fused-ring (bicyclic) bond motifs is 1. The lowest BCUT2D eigenvalue weighted by Gasteiger charge is -2.22. The summed E-state index contributed by atoms with van der Waals surface area (Å²) < 4.78 is 38.0. The van der Waals surface area contributed by atoms with Gasteiger partial charge in [-0.2, -0.15) is 8.78 Å². The third-order valence-corrected chi connectivity index (χ3v) is 6.11. The Balaban J connectivity index is 0.00000119. The maximum absolute atomic E-state index is 14.4. The van der Waals surface area contributed by atoms with E-state index in [1.54, 1.807) is 42.5 Å². The molecule has 3 aromatic rings. The normalized spacial score (nSPS) is 14.9. The summed E-state index contributed by atoms with van der Waals surface area (Å²) in [7, 11) is 1.22. The summed E-state index contributed by atoms with van der Waals surface area (Å²) in [6.07, 6.45) is 1.57. The van der Waals surface area contributed by atoms with Crippen molar-refractivity contribution in [1.82, 2.24) is 20.2 Å². The van der Waals surface area contributed by atoms with Crippen LogP contribution in [0.3, 0.4) is 0 Å². The number of H-pyrrole nitrogens is 1. The first-order valence-electron chi connectivity index (χ1n) is 13.8. The molecule has 4 rings (SSSR count). The lowest BCUT2D eigenvalue weighted by Crippen LogP contribution is -2.46. The lowest BCUT2D eigenvalue weighted by molar-refractivity contribution is -0.150. The van der Waals surface area contributed by atoms with Gasteiger partial charge >= 0.3 is 12.1 Å². The number of ether oxygens (including phenoxy) is 2. The third-order valence-electron chi connectivity index (χ3n) is 6.11. The summed E-state index contributed by atoms with van der Waals surface area (Å²) in [5.41, 5.74) is 1.72. The van der Waals surface area contributed by atoms with Gasteiger partial charge in [-0.05, 0) is 48.6 Å². The summed E-state index contributed by atoms with van der Waals surface area (Å²) in [5, 5.41) is 2.13. The molecule has 2 heterocycles. The van der Waals surface area contributed by atoms with E-state index in [1.165, 1.54) is 18.1 Å². The summed E-state index contributed by atoms with van der Waals surface area (Å²) in [6, 6.07) is 12.7. The zero-order valence-corrected chi connectivity index (χ0v) is 24.6. The highest BCUT2D eigenvalue weighted by molar-refractivity contribution is 5.87. The fraction of sp³-hybridized carbons (Fsp3) is 0.387. The maximum atomic E-state index is 14.4. The minimum absolute atomic E-state index is 0.150. The number of hydrogen-bond acceptors (Lipinski definition) is 7. The molecule has 2 N–H and O–H groups in total. The van der Waals surface area contributed by atoms with Crippen molar-refractivity contribution in [2.45, 2.75) is 45.6 Å². The van der Waals surface area contributed by atoms with Crippen molar-refractivity contribution in [3.8, 4) is 11.3 Å². The Morgan fingerprint density at radius 2 is 1.88 bits per heavy atom. The Kier molecular flexibility index (Phi) is 11.5. The number of amides is 2. The van der Waals surface area contributed by atoms with Crippen molar-refractivity contribution in [1.29, 1.82) is 0 Å². The van der Waals surface area contributed by atoms with E-state index in [4.69, 9.17) is 0 Å². The number of methoxy groups -OCH3 is 1. The number of nitrogens with one attached hydrogen (secondary N) is 2. The topological polar surface area (TPSA) is 131 Å². The number of carbonyl (C=O) groups excluding carboxylic acids is 3. The summed E-state index contributed by atoms with van der Waals surface area (Å²) in [4.78, 5) is 56.9. The third kappa shape index (κ3) is 9.73. The molecule has 1 saturated heterocycles. The van der Waals surface area contributed by atoms with Crippen LogP contribution in [0.4, 0.5) is 13.6 Å². The van der Waals surface area contributed by atoms with Crippen molar-refractivity contribution in [3.05, 3.63) is 70.5 Å². The number of benzene rings is 2. The highest BCUT2D eigenvalue weighted by Crippen LogP contribution is 2.22. The molecule has 0 spiro atoms. The van der Waals surface area contributed by atoms with E-state index in [0.29, 0.717) is 47.6 Å². The van der Waals surface area contributed by atoms with Gasteiger partial charge in [-0.3, -0.25) is 9.59 Å². The van der Waals surface area contributed by atoms with Crippen LogP contribution < -0.4 is 10.9 Å². The van der Waals surface area contributed by atoms with E-state index in [0.717, 1.165) is 12.0 Å². The Morgan fingerprint density at radius 3 is 2.60 bits per heavy atom. The number of likely N-dealkylation sites (tertiary alicyclic amines) is 1. The number of alkyl halides is 2. The fourth-order valence-electron chi connectivity index (χ4n) is 4.19. The molecule has 1 aromatic heterocycles. The number of rotatable bonds is 8. The van der Waals surface area contributed by atoms with E-state index in [-0.39, 0.29) is 5.69 Å². The van der Waals surface area contributed by atoms with E-state index < -0.39 is 48.6 Å². The minimum atomic E-state index is -3.51. The predicted molar refractivity (Wildman–Crippen MR) is 158 cm³/mol. The monoisotopic (exact) mass is 598 g/mol. The molecule has 43 heavy (non-hydrogen) atoms. The van der Waals surface area contributed by atoms with Crippen molar-refractivity contribution in [2.24, 2.45) is 5.92 Å². The molecule has 1 aliphatic heterocycles. The number of aromatic nitrogens is 2. The van der Waals surface area contributed by atoms with Crippen LogP contribution in [-0.4, -0.2) is 71.6 Å². The molecule has 0 bridgehead atoms. The molecule has 2 amide bonds. The standard InChI is InChI=1S/C27H26F2N4O6.C4H10/c1-38-25(36)21-10-5-13-33(21)22(34)15-30-26(37)39-16-27(28,29)12-11-17-6-4-7-18(14-17)23-24(35)32-20-9-3-2-8-19(20)31-23;1-4(2)3/h2-4,6-9,11-12,14,21H,5,10,13,15-16H2,1H3,(H,30,37)(H,32,35);4H,1-3H3/b12-11+;/t21-;/m0./s1. The summed E-state index contributed by atoms with van der Waals surface area (Å²) in [5.74, 6) is -3.78. The van der Waals surface area contributed by atoms with Gasteiger partial charge < -0.3 is 24.7 Å². The van der Waals surface area contributed by atoms with Crippen LogP contribution in [0.2, 0.25) is 0 Å². The zero-order valence-electron chi connectivity index (χ0n) is 24.6. The summed E-state index contributed by atoms with van der Waals surface area (Å²) >= 11 is 0. The first-order chi connectivity index (χ1) is 20.4. The zero-order chi connectivity index (χ0) is 31.6. The van der Waals surface area contributed by atoms with Crippen LogP contribution >= 0.6 is 0 Å². The molecule has 0 aliphatic carbocycles. The molecular formula is C31H36F2N4O6. The van der Waals surface area contributed by atoms with E-state index in [9.17, 15) is 28.0 Å². The van der Waals surface area contributed by atoms with Crippen LogP contribution in [0.15, 0.2) is 59.4 Å². The molecule has 0 unspecified atom stereocenters. The maximum Gasteiger partial charge on any atom is 0.407 e. The molecule has 2 aromatic carbocycles. The van der Waals surface area contributed by atoms with Gasteiger partial charge in [0, 0.05) is 12.1 Å². The molecule has 10 nitrogen and oxygen atoms in total. The van der Waals surface area contributed by atoms with Crippen molar-refractivity contribution < 1.29 is 32.6 Å². The largest absolute Gasteiger partial charge is 0.467 e. The SMILES string of the molecule is CC(C)C.COC(=O)[C@@H]1CCCN1C(=O)CNC(=O)OCC(F)(F)/C=C/c1cccc(-c2nc3ccccc3[nH]c2=O)c1. The summed E-state index contributed by atoms with van der Waals surface area (Å²) in [6.45, 7) is 5.05. The molecule has 0 saturated carbocycles. The van der Waals surface area contributed by atoms with Crippen LogP contribution in [-0.2, 0) is 19.1 Å². The van der Waals surface area contributed by atoms with Gasteiger partial charge in [-0.25, -0.2) is 14.6 Å². The first kappa shape index (κ1) is 32.9. The predicted octanol–water partition coefficient (Wildman–Crippen LogP) is 4.79. The second-order valence-electron chi connectivity index (χ2n) is 10.6. The van der Waals surface area contributed by atoms with Gasteiger partial charge in [-0.15, -0.1) is 0 Å². The molecule has 0 radical (unpaired) electrons. The Hall–Kier alpha value is -4.61. The number of nitrogens with zero attached hydrogens (tertiary/aromatic N) is 2. The Morgan fingerprint density at radius 1 is 1.16 bits per heavy atom. The molecular weight excluding hydrogens is 562 g/mol. The van der Waals surface area contributed by atoms with E-state index in [2.05, 4.69) is 45.5 Å². The van der Waals surface area contributed by atoms with E-state index in [1.807, 2.05) is 0 Å². The molecule has 12 heteroatoms. The Bertz CT molecular complexity index is 1520. The number of hydrogen-bond donors (Lipinski definition) is 2. The number of aromatic amines is 1. The minimum Gasteiger partial charge on any atom is -0.467 e. The number of alkyl carbamates (subject to hydrolysis) is 1. The van der Waals surface area contributed by atoms with Gasteiger partial charge in [0.05, 0.1) is 18.1 Å². The average molecular weight is 599 g/mol. The van der Waals surface area contributed by atoms with Crippen LogP contribution in [0.5, 0.6) is 0 Å². The van der Waals surface area contributed by atoms with E-state index >= 15 is 0 Å². The Labute approximate surface area is 248 Å². The van der Waals surface area contributed by atoms with Crippen LogP contribution in [0, 0.1) is 5.92 Å². The number of para-hydroxylation sites is 2. The molecule has 1 aliphatic rings. The van der Waals surface area contributed by atoms with Gasteiger partial charge in [0.15, 0.2) is 6.61 Å². The van der Waals surface area contributed by atoms with Crippen LogP contribution in [0.25, 0.3) is 28.4 Å². The van der Waals surface area contributed by atoms with Crippen LogP contribution in [0.1, 0.15) is 39.2 Å². The van der Waals surface area contributed by atoms with Crippen molar-refractivity contribution in [3.63, 3.8) is 0 Å². The quantitative estimate of drug-likeness (QED) is 0.357. The van der Waals surface area contributed by atoms with Gasteiger partial charge in [0.1, 0.15) is 18.3 Å². The first-order valence-corrected chi connectivity index (χ1v) is 13.8. The fourth-order valence-corrected chi connectivity index (χ4v) is 4.19. The molecule has 1 atom stereocenters. The number of esters is 1. The van der Waals surface area contributed by atoms with Gasteiger partial charge in [0.2, 0.25) is 5.91 Å². The second-order valence-corrected chi connectivity index (χ2v) is 10.6. The molecule has 230 valence electrons. The van der Waals surface area contributed by atoms with Gasteiger partial charge in [0.25, 0.3) is 11.5 Å². The highest BCUT2D eigenvalue weighted by atomic mass is 19.3. The second kappa shape index (κ2) is 15.0. The van der Waals surface area contributed by atoms with Crippen molar-refractivity contribution in [2.75, 3.05) is 26.8 Å². The molecule has 1 fully saturated rings. The van der Waals surface area contributed by atoms with Crippen molar-refractivity contribution >= 4 is 35.1 Å².